The van der Waals surface area contributed by atoms with Crippen molar-refractivity contribution in [3.8, 4) is 5.75 Å². The third-order valence-corrected chi connectivity index (χ3v) is 5.55. The minimum atomic E-state index is 0.351. The van der Waals surface area contributed by atoms with Crippen LogP contribution in [-0.2, 0) is 11.3 Å². The molecule has 132 valence electrons. The van der Waals surface area contributed by atoms with Crippen molar-refractivity contribution >= 4 is 5.91 Å². The van der Waals surface area contributed by atoms with Gasteiger partial charge in [-0.25, -0.2) is 0 Å². The molecule has 0 saturated heterocycles. The number of carbonyl (C=O) groups is 1. The molecule has 3 nitrogen and oxygen atoms in total. The predicted octanol–water partition coefficient (Wildman–Crippen LogP) is 4.94. The molecule has 3 heteroatoms. The van der Waals surface area contributed by atoms with E-state index < -0.39 is 0 Å². The fourth-order valence-corrected chi connectivity index (χ4v) is 3.90. The van der Waals surface area contributed by atoms with Gasteiger partial charge in [-0.1, -0.05) is 44.2 Å². The van der Waals surface area contributed by atoms with Gasteiger partial charge in [-0.3, -0.25) is 4.79 Å². The molecule has 1 amide bonds. The Hall–Kier alpha value is -1.51. The van der Waals surface area contributed by atoms with Crippen LogP contribution in [0.3, 0.4) is 0 Å². The molecular formula is C21H31NO2. The number of nitrogens with zero attached hydrogens (tertiary/aromatic N) is 1. The van der Waals surface area contributed by atoms with Gasteiger partial charge in [0, 0.05) is 19.0 Å². The summed E-state index contributed by atoms with van der Waals surface area (Å²) in [5.74, 6) is 2.10. The van der Waals surface area contributed by atoms with Gasteiger partial charge in [-0.15, -0.1) is 0 Å². The second kappa shape index (κ2) is 8.55. The number of hydrogen-bond acceptors (Lipinski definition) is 2. The summed E-state index contributed by atoms with van der Waals surface area (Å²) in [5.41, 5.74) is 1.20. The topological polar surface area (TPSA) is 29.5 Å². The monoisotopic (exact) mass is 329 g/mol. The molecule has 2 aliphatic rings. The van der Waals surface area contributed by atoms with Gasteiger partial charge in [0.25, 0.3) is 0 Å². The van der Waals surface area contributed by atoms with Crippen LogP contribution in [0.25, 0.3) is 0 Å². The van der Waals surface area contributed by atoms with Gasteiger partial charge in [0.1, 0.15) is 5.75 Å². The van der Waals surface area contributed by atoms with Crippen LogP contribution < -0.4 is 4.74 Å². The smallest absolute Gasteiger partial charge is 0.223 e. The third-order valence-electron chi connectivity index (χ3n) is 5.55. The Morgan fingerprint density at radius 2 is 1.79 bits per heavy atom. The van der Waals surface area contributed by atoms with E-state index in [2.05, 4.69) is 17.0 Å². The van der Waals surface area contributed by atoms with E-state index in [1.54, 1.807) is 7.11 Å². The molecule has 1 aromatic carbocycles. The van der Waals surface area contributed by atoms with E-state index in [9.17, 15) is 4.79 Å². The standard InChI is InChI=1S/C21H31NO2/c1-24-20-14-10-18(11-15-20)16-22(19-12-13-19)21(23)9-5-8-17-6-3-2-4-7-17/h10-11,14-15,17,19H,2-9,12-13,16H2,1H3. The summed E-state index contributed by atoms with van der Waals surface area (Å²) in [7, 11) is 1.68. The van der Waals surface area contributed by atoms with Crippen LogP contribution in [0.5, 0.6) is 5.75 Å². The maximum absolute atomic E-state index is 12.7. The van der Waals surface area contributed by atoms with Crippen molar-refractivity contribution in [3.63, 3.8) is 0 Å². The Labute approximate surface area is 146 Å². The Balaban J connectivity index is 1.47. The van der Waals surface area contributed by atoms with Crippen molar-refractivity contribution in [1.82, 2.24) is 4.90 Å². The van der Waals surface area contributed by atoms with Crippen LogP contribution in [0, 0.1) is 5.92 Å². The molecular weight excluding hydrogens is 298 g/mol. The van der Waals surface area contributed by atoms with Crippen molar-refractivity contribution in [2.24, 2.45) is 5.92 Å². The molecule has 0 N–H and O–H groups in total. The number of ether oxygens (including phenoxy) is 1. The van der Waals surface area contributed by atoms with E-state index >= 15 is 0 Å². The van der Waals surface area contributed by atoms with Crippen molar-refractivity contribution in [3.05, 3.63) is 29.8 Å². The summed E-state index contributed by atoms with van der Waals surface area (Å²) in [6.07, 6.45) is 12.3. The SMILES string of the molecule is COc1ccc(CN(C(=O)CCCC2CCCCC2)C2CC2)cc1. The molecule has 24 heavy (non-hydrogen) atoms. The quantitative estimate of drug-likeness (QED) is 0.676. The molecule has 0 aromatic heterocycles. The highest BCUT2D eigenvalue weighted by Crippen LogP contribution is 2.31. The molecule has 1 aromatic rings. The number of benzene rings is 1. The van der Waals surface area contributed by atoms with E-state index in [-0.39, 0.29) is 0 Å². The molecule has 2 fully saturated rings. The van der Waals surface area contributed by atoms with Crippen LogP contribution in [-0.4, -0.2) is 24.0 Å². The van der Waals surface area contributed by atoms with E-state index in [1.165, 1.54) is 56.9 Å². The zero-order chi connectivity index (χ0) is 16.8. The Bertz CT molecular complexity index is 515. The van der Waals surface area contributed by atoms with Crippen LogP contribution in [0.1, 0.15) is 69.8 Å². The molecule has 0 bridgehead atoms. The Morgan fingerprint density at radius 3 is 2.42 bits per heavy atom. The molecule has 0 heterocycles. The van der Waals surface area contributed by atoms with Crippen molar-refractivity contribution in [2.75, 3.05) is 7.11 Å². The molecule has 0 spiro atoms. The highest BCUT2D eigenvalue weighted by Gasteiger charge is 2.32. The normalized spacial score (nSPS) is 18.4. The summed E-state index contributed by atoms with van der Waals surface area (Å²) >= 11 is 0. The molecule has 3 rings (SSSR count). The lowest BCUT2D eigenvalue weighted by atomic mass is 9.86. The first-order chi connectivity index (χ1) is 11.8. The number of rotatable bonds is 8. The fraction of sp³-hybridized carbons (Fsp3) is 0.667. The van der Waals surface area contributed by atoms with Crippen molar-refractivity contribution < 1.29 is 9.53 Å². The number of methoxy groups -OCH3 is 1. The Morgan fingerprint density at radius 1 is 1.08 bits per heavy atom. The lowest BCUT2D eigenvalue weighted by Crippen LogP contribution is -2.32. The van der Waals surface area contributed by atoms with Crippen LogP contribution in [0.4, 0.5) is 0 Å². The van der Waals surface area contributed by atoms with Gasteiger partial charge in [0.15, 0.2) is 0 Å². The second-order valence-electron chi connectivity index (χ2n) is 7.50. The average Bonchev–Trinajstić information content (AvgIpc) is 3.46. The molecule has 2 aliphatic carbocycles. The van der Waals surface area contributed by atoms with Gasteiger partial charge in [-0.2, -0.15) is 0 Å². The highest BCUT2D eigenvalue weighted by molar-refractivity contribution is 5.76. The largest absolute Gasteiger partial charge is 0.497 e. The number of amides is 1. The van der Waals surface area contributed by atoms with Gasteiger partial charge in [0.05, 0.1) is 7.11 Å². The summed E-state index contributed by atoms with van der Waals surface area (Å²) in [6.45, 7) is 0.747. The maximum Gasteiger partial charge on any atom is 0.223 e. The first-order valence-electron chi connectivity index (χ1n) is 9.68. The Kier molecular flexibility index (Phi) is 6.17. The minimum Gasteiger partial charge on any atom is -0.497 e. The van der Waals surface area contributed by atoms with E-state index in [1.807, 2.05) is 12.1 Å². The fourth-order valence-electron chi connectivity index (χ4n) is 3.90. The lowest BCUT2D eigenvalue weighted by molar-refractivity contribution is -0.132. The molecule has 0 aliphatic heterocycles. The van der Waals surface area contributed by atoms with Crippen LogP contribution in [0.15, 0.2) is 24.3 Å². The summed E-state index contributed by atoms with van der Waals surface area (Å²) < 4.78 is 5.21. The van der Waals surface area contributed by atoms with E-state index in [0.717, 1.165) is 31.1 Å². The lowest BCUT2D eigenvalue weighted by Gasteiger charge is -2.24. The molecule has 0 radical (unpaired) electrons. The number of carbonyl (C=O) groups excluding carboxylic acids is 1. The second-order valence-corrected chi connectivity index (χ2v) is 7.50. The van der Waals surface area contributed by atoms with Gasteiger partial charge in [-0.05, 0) is 49.3 Å². The molecule has 0 unspecified atom stereocenters. The average molecular weight is 329 g/mol. The first-order valence-corrected chi connectivity index (χ1v) is 9.68. The highest BCUT2D eigenvalue weighted by atomic mass is 16.5. The zero-order valence-corrected chi connectivity index (χ0v) is 15.0. The van der Waals surface area contributed by atoms with E-state index in [4.69, 9.17) is 4.74 Å². The molecule has 2 saturated carbocycles. The zero-order valence-electron chi connectivity index (χ0n) is 15.0. The summed E-state index contributed by atoms with van der Waals surface area (Å²) in [6, 6.07) is 8.59. The predicted molar refractivity (Wildman–Crippen MR) is 97.0 cm³/mol. The van der Waals surface area contributed by atoms with Gasteiger partial charge >= 0.3 is 0 Å². The van der Waals surface area contributed by atoms with Crippen molar-refractivity contribution in [1.29, 1.82) is 0 Å². The maximum atomic E-state index is 12.7. The molecule has 0 atom stereocenters. The summed E-state index contributed by atoms with van der Waals surface area (Å²) in [5, 5.41) is 0. The van der Waals surface area contributed by atoms with Gasteiger partial charge < -0.3 is 9.64 Å². The van der Waals surface area contributed by atoms with Crippen LogP contribution >= 0.6 is 0 Å². The van der Waals surface area contributed by atoms with Crippen LogP contribution in [0.2, 0.25) is 0 Å². The van der Waals surface area contributed by atoms with Crippen molar-refractivity contribution in [2.45, 2.75) is 76.8 Å². The third kappa shape index (κ3) is 4.99. The van der Waals surface area contributed by atoms with Gasteiger partial charge in [0.2, 0.25) is 5.91 Å². The minimum absolute atomic E-state index is 0.351. The number of hydrogen-bond donors (Lipinski definition) is 0. The van der Waals surface area contributed by atoms with E-state index in [0.29, 0.717) is 11.9 Å². The summed E-state index contributed by atoms with van der Waals surface area (Å²) in [4.78, 5) is 14.8. The first kappa shape index (κ1) is 17.3.